The summed E-state index contributed by atoms with van der Waals surface area (Å²) in [5.41, 5.74) is 4.45. The van der Waals surface area contributed by atoms with Crippen molar-refractivity contribution in [2.24, 2.45) is 0 Å². The van der Waals surface area contributed by atoms with Gasteiger partial charge in [-0.05, 0) is 31.2 Å². The van der Waals surface area contributed by atoms with Crippen molar-refractivity contribution in [3.63, 3.8) is 0 Å². The van der Waals surface area contributed by atoms with Crippen LogP contribution in [0.2, 0.25) is 0 Å². The third-order valence-corrected chi connectivity index (χ3v) is 3.01. The number of hydrogen-bond donors (Lipinski definition) is 1. The fourth-order valence-electron chi connectivity index (χ4n) is 2.18. The number of fused-ring (bicyclic) bond motifs is 2. The lowest BCUT2D eigenvalue weighted by Gasteiger charge is -2.11. The van der Waals surface area contributed by atoms with Crippen LogP contribution in [0.3, 0.4) is 0 Å². The lowest BCUT2D eigenvalue weighted by molar-refractivity contribution is 0.300. The molecule has 0 aliphatic carbocycles. The summed E-state index contributed by atoms with van der Waals surface area (Å²) in [6.45, 7) is 2.68. The molecular formula is C16H15NO. The predicted molar refractivity (Wildman–Crippen MR) is 75.7 cm³/mol. The molecule has 0 unspecified atom stereocenters. The molecule has 90 valence electrons. The highest BCUT2D eigenvalue weighted by molar-refractivity contribution is 5.91. The van der Waals surface area contributed by atoms with Gasteiger partial charge in [-0.3, -0.25) is 0 Å². The molecule has 3 rings (SSSR count). The summed E-state index contributed by atoms with van der Waals surface area (Å²) in [5.74, 6) is 0.922. The minimum absolute atomic E-state index is 0.669. The van der Waals surface area contributed by atoms with E-state index in [0.717, 1.165) is 28.3 Å². The number of nitrogens with one attached hydrogen (secondary N) is 1. The molecular weight excluding hydrogens is 222 g/mol. The molecule has 0 spiro atoms. The number of hydrogen-bond acceptors (Lipinski definition) is 2. The molecule has 2 heteroatoms. The van der Waals surface area contributed by atoms with Crippen LogP contribution in [0, 0.1) is 0 Å². The van der Waals surface area contributed by atoms with Crippen molar-refractivity contribution >= 4 is 23.2 Å². The lowest BCUT2D eigenvalue weighted by Crippen LogP contribution is -1.95. The molecule has 0 fully saturated rings. The predicted octanol–water partition coefficient (Wildman–Crippen LogP) is 4.28. The van der Waals surface area contributed by atoms with Gasteiger partial charge in [0.2, 0.25) is 0 Å². The Morgan fingerprint density at radius 2 is 1.67 bits per heavy atom. The molecule has 1 aliphatic heterocycles. The molecule has 0 saturated carbocycles. The van der Waals surface area contributed by atoms with E-state index in [9.17, 15) is 0 Å². The molecule has 1 N–H and O–H groups in total. The van der Waals surface area contributed by atoms with E-state index in [2.05, 4.69) is 35.7 Å². The highest BCUT2D eigenvalue weighted by atomic mass is 16.5. The van der Waals surface area contributed by atoms with Crippen molar-refractivity contribution in [1.82, 2.24) is 0 Å². The summed E-state index contributed by atoms with van der Waals surface area (Å²) in [5, 5.41) is 3.46. The Labute approximate surface area is 107 Å². The van der Waals surface area contributed by atoms with E-state index in [-0.39, 0.29) is 0 Å². The van der Waals surface area contributed by atoms with Crippen molar-refractivity contribution in [3.05, 3.63) is 59.7 Å². The second-order valence-electron chi connectivity index (χ2n) is 4.20. The molecule has 0 bridgehead atoms. The first-order valence-electron chi connectivity index (χ1n) is 6.18. The average Bonchev–Trinajstić information content (AvgIpc) is 2.56. The van der Waals surface area contributed by atoms with Crippen LogP contribution in [0.15, 0.2) is 48.5 Å². The van der Waals surface area contributed by atoms with E-state index in [1.54, 1.807) is 0 Å². The van der Waals surface area contributed by atoms with Crippen LogP contribution >= 0.6 is 0 Å². The Morgan fingerprint density at radius 1 is 0.944 bits per heavy atom. The fourth-order valence-corrected chi connectivity index (χ4v) is 2.18. The Balaban J connectivity index is 2.19. The minimum atomic E-state index is 0.669. The molecule has 18 heavy (non-hydrogen) atoms. The van der Waals surface area contributed by atoms with Crippen LogP contribution in [0.1, 0.15) is 18.1 Å². The van der Waals surface area contributed by atoms with Gasteiger partial charge in [-0.15, -0.1) is 0 Å². The summed E-state index contributed by atoms with van der Waals surface area (Å²) < 4.78 is 5.77. The maximum atomic E-state index is 5.77. The van der Waals surface area contributed by atoms with Crippen LogP contribution in [-0.2, 0) is 4.74 Å². The summed E-state index contributed by atoms with van der Waals surface area (Å²) in [4.78, 5) is 0. The third-order valence-electron chi connectivity index (χ3n) is 3.01. The topological polar surface area (TPSA) is 21.3 Å². The number of anilines is 2. The standard InChI is InChI=1S/C16H15NO/c1-2-18-16-11-12-7-3-5-9-14(12)17-15-10-6-4-8-13(15)16/h3-11,17H,2H2,1H3. The smallest absolute Gasteiger partial charge is 0.129 e. The van der Waals surface area contributed by atoms with E-state index in [4.69, 9.17) is 4.74 Å². The maximum absolute atomic E-state index is 5.77. The first-order valence-corrected chi connectivity index (χ1v) is 6.18. The molecule has 2 aromatic carbocycles. The summed E-state index contributed by atoms with van der Waals surface area (Å²) in [6.07, 6.45) is 2.09. The quantitative estimate of drug-likeness (QED) is 0.841. The van der Waals surface area contributed by atoms with Gasteiger partial charge in [0, 0.05) is 22.5 Å². The molecule has 2 nitrogen and oxygen atoms in total. The second kappa shape index (κ2) is 4.57. The Morgan fingerprint density at radius 3 is 2.50 bits per heavy atom. The summed E-state index contributed by atoms with van der Waals surface area (Å²) in [6, 6.07) is 16.5. The van der Waals surface area contributed by atoms with Gasteiger partial charge in [-0.1, -0.05) is 30.3 Å². The number of ether oxygens (including phenoxy) is 1. The fraction of sp³-hybridized carbons (Fsp3) is 0.125. The highest BCUT2D eigenvalue weighted by Gasteiger charge is 2.14. The van der Waals surface area contributed by atoms with Gasteiger partial charge in [-0.2, -0.15) is 0 Å². The van der Waals surface area contributed by atoms with Crippen molar-refractivity contribution in [1.29, 1.82) is 0 Å². The Hall–Kier alpha value is -2.22. The van der Waals surface area contributed by atoms with Crippen LogP contribution in [0.25, 0.3) is 11.8 Å². The monoisotopic (exact) mass is 237 g/mol. The van der Waals surface area contributed by atoms with Gasteiger partial charge in [0.1, 0.15) is 5.76 Å². The van der Waals surface area contributed by atoms with Crippen LogP contribution in [0.4, 0.5) is 11.4 Å². The van der Waals surface area contributed by atoms with Crippen LogP contribution < -0.4 is 5.32 Å². The largest absolute Gasteiger partial charge is 0.493 e. The zero-order valence-corrected chi connectivity index (χ0v) is 10.3. The van der Waals surface area contributed by atoms with Crippen molar-refractivity contribution in [2.75, 3.05) is 11.9 Å². The Kier molecular flexibility index (Phi) is 2.77. The molecule has 2 aromatic rings. The van der Waals surface area contributed by atoms with Crippen LogP contribution in [-0.4, -0.2) is 6.61 Å². The van der Waals surface area contributed by atoms with Gasteiger partial charge >= 0.3 is 0 Å². The number of para-hydroxylation sites is 2. The molecule has 0 amide bonds. The van der Waals surface area contributed by atoms with Crippen molar-refractivity contribution in [2.45, 2.75) is 6.92 Å². The van der Waals surface area contributed by atoms with E-state index >= 15 is 0 Å². The molecule has 0 radical (unpaired) electrons. The van der Waals surface area contributed by atoms with E-state index in [1.165, 1.54) is 0 Å². The Bertz CT molecular complexity index is 602. The molecule has 0 atom stereocenters. The molecule has 1 heterocycles. The SMILES string of the molecule is CCOC1=Cc2ccccc2Nc2ccccc21. The lowest BCUT2D eigenvalue weighted by atomic mass is 10.1. The highest BCUT2D eigenvalue weighted by Crippen LogP contribution is 2.34. The molecule has 0 saturated heterocycles. The number of rotatable bonds is 2. The minimum Gasteiger partial charge on any atom is -0.493 e. The second-order valence-corrected chi connectivity index (χ2v) is 4.20. The zero-order valence-electron chi connectivity index (χ0n) is 10.3. The first-order chi connectivity index (χ1) is 8.88. The van der Waals surface area contributed by atoms with E-state index < -0.39 is 0 Å². The van der Waals surface area contributed by atoms with Gasteiger partial charge in [0.15, 0.2) is 0 Å². The number of benzene rings is 2. The molecule has 0 aromatic heterocycles. The van der Waals surface area contributed by atoms with Gasteiger partial charge < -0.3 is 10.1 Å². The maximum Gasteiger partial charge on any atom is 0.129 e. The van der Waals surface area contributed by atoms with Gasteiger partial charge in [0.05, 0.1) is 6.61 Å². The van der Waals surface area contributed by atoms with Crippen LogP contribution in [0.5, 0.6) is 0 Å². The van der Waals surface area contributed by atoms with E-state index in [1.807, 2.05) is 31.2 Å². The first kappa shape index (κ1) is 10.9. The van der Waals surface area contributed by atoms with E-state index in [0.29, 0.717) is 6.61 Å². The molecule has 1 aliphatic rings. The van der Waals surface area contributed by atoms with Gasteiger partial charge in [0.25, 0.3) is 0 Å². The summed E-state index contributed by atoms with van der Waals surface area (Å²) in [7, 11) is 0. The normalized spacial score (nSPS) is 12.6. The third kappa shape index (κ3) is 1.86. The summed E-state index contributed by atoms with van der Waals surface area (Å²) >= 11 is 0. The van der Waals surface area contributed by atoms with Gasteiger partial charge in [-0.25, -0.2) is 0 Å². The zero-order chi connectivity index (χ0) is 12.4. The van der Waals surface area contributed by atoms with Crippen molar-refractivity contribution in [3.8, 4) is 0 Å². The average molecular weight is 237 g/mol. The van der Waals surface area contributed by atoms with Crippen molar-refractivity contribution < 1.29 is 4.74 Å².